The third-order valence-corrected chi connectivity index (χ3v) is 4.85. The lowest BCUT2D eigenvalue weighted by Crippen LogP contribution is -2.44. The van der Waals surface area contributed by atoms with Crippen molar-refractivity contribution in [3.8, 4) is 0 Å². The van der Waals surface area contributed by atoms with Crippen molar-refractivity contribution in [2.24, 2.45) is 0 Å². The smallest absolute Gasteiger partial charge is 0.319 e. The minimum Gasteiger partial charge on any atom is -0.354 e. The first-order chi connectivity index (χ1) is 12.5. The molecule has 0 saturated carbocycles. The first kappa shape index (κ1) is 18.2. The van der Waals surface area contributed by atoms with E-state index in [0.29, 0.717) is 6.54 Å². The van der Waals surface area contributed by atoms with Crippen LogP contribution in [0.15, 0.2) is 36.5 Å². The van der Waals surface area contributed by atoms with Crippen LogP contribution in [0.5, 0.6) is 0 Å². The van der Waals surface area contributed by atoms with Gasteiger partial charge in [0.15, 0.2) is 0 Å². The zero-order valence-corrected chi connectivity index (χ0v) is 15.7. The lowest BCUT2D eigenvalue weighted by Gasteiger charge is -2.33. The minimum atomic E-state index is -0.212. The van der Waals surface area contributed by atoms with E-state index in [1.165, 1.54) is 5.56 Å². The SMILES string of the molecule is Cc1ccc(NC(=O)NCc2ccc(N3CCN(C)CC3)nc2)cc1C. The van der Waals surface area contributed by atoms with Gasteiger partial charge >= 0.3 is 6.03 Å². The van der Waals surface area contributed by atoms with Gasteiger partial charge in [-0.2, -0.15) is 0 Å². The van der Waals surface area contributed by atoms with Gasteiger partial charge in [0.05, 0.1) is 0 Å². The Morgan fingerprint density at radius 1 is 1.08 bits per heavy atom. The Bertz CT molecular complexity index is 751. The zero-order valence-electron chi connectivity index (χ0n) is 15.7. The Morgan fingerprint density at radius 2 is 1.85 bits per heavy atom. The number of carbonyl (C=O) groups is 1. The summed E-state index contributed by atoms with van der Waals surface area (Å²) in [7, 11) is 2.14. The Balaban J connectivity index is 1.49. The van der Waals surface area contributed by atoms with E-state index in [2.05, 4.69) is 39.4 Å². The number of hydrogen-bond acceptors (Lipinski definition) is 4. The number of piperazine rings is 1. The summed E-state index contributed by atoms with van der Waals surface area (Å²) in [6.07, 6.45) is 1.84. The molecular formula is C20H27N5O. The van der Waals surface area contributed by atoms with Crippen LogP contribution >= 0.6 is 0 Å². The van der Waals surface area contributed by atoms with Gasteiger partial charge < -0.3 is 20.4 Å². The Labute approximate surface area is 155 Å². The number of nitrogens with zero attached hydrogens (tertiary/aromatic N) is 3. The van der Waals surface area contributed by atoms with Crippen LogP contribution in [0.1, 0.15) is 16.7 Å². The average Bonchev–Trinajstić information content (AvgIpc) is 2.64. The van der Waals surface area contributed by atoms with Crippen molar-refractivity contribution in [1.82, 2.24) is 15.2 Å². The number of urea groups is 1. The molecule has 0 aliphatic carbocycles. The van der Waals surface area contributed by atoms with Crippen molar-refractivity contribution in [2.75, 3.05) is 43.4 Å². The number of benzene rings is 1. The third kappa shape index (κ3) is 4.73. The van der Waals surface area contributed by atoms with Crippen LogP contribution in [0, 0.1) is 13.8 Å². The molecule has 2 amide bonds. The fourth-order valence-corrected chi connectivity index (χ4v) is 2.92. The van der Waals surface area contributed by atoms with Crippen LogP contribution in [0.3, 0.4) is 0 Å². The number of nitrogens with one attached hydrogen (secondary N) is 2. The van der Waals surface area contributed by atoms with Gasteiger partial charge in [-0.05, 0) is 55.8 Å². The van der Waals surface area contributed by atoms with E-state index in [4.69, 9.17) is 0 Å². The fourth-order valence-electron chi connectivity index (χ4n) is 2.92. The van der Waals surface area contributed by atoms with E-state index in [1.807, 2.05) is 43.5 Å². The molecule has 2 heterocycles. The molecule has 2 aromatic rings. The molecule has 1 aromatic heterocycles. The largest absolute Gasteiger partial charge is 0.354 e. The van der Waals surface area contributed by atoms with Crippen LogP contribution < -0.4 is 15.5 Å². The van der Waals surface area contributed by atoms with Crippen LogP contribution in [0.25, 0.3) is 0 Å². The highest BCUT2D eigenvalue weighted by Crippen LogP contribution is 2.15. The number of carbonyl (C=O) groups excluding carboxylic acids is 1. The van der Waals surface area contributed by atoms with Gasteiger partial charge in [0.2, 0.25) is 0 Å². The molecule has 0 radical (unpaired) electrons. The summed E-state index contributed by atoms with van der Waals surface area (Å²) in [4.78, 5) is 21.2. The Morgan fingerprint density at radius 3 is 2.50 bits per heavy atom. The summed E-state index contributed by atoms with van der Waals surface area (Å²) in [5.41, 5.74) is 4.15. The molecule has 1 fully saturated rings. The van der Waals surface area contributed by atoms with E-state index in [9.17, 15) is 4.79 Å². The maximum absolute atomic E-state index is 12.1. The van der Waals surface area contributed by atoms with Crippen molar-refractivity contribution < 1.29 is 4.79 Å². The molecule has 3 rings (SSSR count). The fraction of sp³-hybridized carbons (Fsp3) is 0.400. The van der Waals surface area contributed by atoms with Crippen molar-refractivity contribution in [3.05, 3.63) is 53.2 Å². The lowest BCUT2D eigenvalue weighted by molar-refractivity contribution is 0.251. The summed E-state index contributed by atoms with van der Waals surface area (Å²) >= 11 is 0. The topological polar surface area (TPSA) is 60.5 Å². The molecule has 1 aromatic carbocycles. The van der Waals surface area contributed by atoms with Gasteiger partial charge in [0.1, 0.15) is 5.82 Å². The van der Waals surface area contributed by atoms with Crippen LogP contribution in [-0.2, 0) is 6.54 Å². The number of aromatic nitrogens is 1. The molecule has 0 spiro atoms. The Kier molecular flexibility index (Phi) is 5.73. The number of anilines is 2. The lowest BCUT2D eigenvalue weighted by atomic mass is 10.1. The number of pyridine rings is 1. The van der Waals surface area contributed by atoms with E-state index >= 15 is 0 Å². The highest BCUT2D eigenvalue weighted by atomic mass is 16.2. The van der Waals surface area contributed by atoms with E-state index < -0.39 is 0 Å². The molecule has 1 saturated heterocycles. The van der Waals surface area contributed by atoms with Gasteiger partial charge in [-0.3, -0.25) is 0 Å². The number of rotatable bonds is 4. The second-order valence-electron chi connectivity index (χ2n) is 6.92. The number of hydrogen-bond donors (Lipinski definition) is 2. The standard InChI is InChI=1S/C20H27N5O/c1-15-4-6-18(12-16(15)2)23-20(26)22-14-17-5-7-19(21-13-17)25-10-8-24(3)9-11-25/h4-7,12-13H,8-11,14H2,1-3H3,(H2,22,23,26). The van der Waals surface area contributed by atoms with E-state index in [-0.39, 0.29) is 6.03 Å². The van der Waals surface area contributed by atoms with Gasteiger partial charge in [-0.1, -0.05) is 12.1 Å². The quantitative estimate of drug-likeness (QED) is 0.887. The molecule has 138 valence electrons. The Hall–Kier alpha value is -2.60. The molecule has 1 aliphatic heterocycles. The molecule has 2 N–H and O–H groups in total. The monoisotopic (exact) mass is 353 g/mol. The van der Waals surface area contributed by atoms with Gasteiger partial charge in [0, 0.05) is 44.6 Å². The highest BCUT2D eigenvalue weighted by molar-refractivity contribution is 5.89. The zero-order chi connectivity index (χ0) is 18.5. The van der Waals surface area contributed by atoms with Crippen LogP contribution in [0.4, 0.5) is 16.3 Å². The van der Waals surface area contributed by atoms with E-state index in [0.717, 1.165) is 48.8 Å². The predicted molar refractivity (Wildman–Crippen MR) is 106 cm³/mol. The molecule has 0 unspecified atom stereocenters. The highest BCUT2D eigenvalue weighted by Gasteiger charge is 2.15. The van der Waals surface area contributed by atoms with Crippen molar-refractivity contribution >= 4 is 17.5 Å². The van der Waals surface area contributed by atoms with Crippen molar-refractivity contribution in [2.45, 2.75) is 20.4 Å². The van der Waals surface area contributed by atoms with Crippen molar-refractivity contribution in [3.63, 3.8) is 0 Å². The van der Waals surface area contributed by atoms with Crippen LogP contribution in [-0.4, -0.2) is 49.1 Å². The van der Waals surface area contributed by atoms with Gasteiger partial charge in [0.25, 0.3) is 0 Å². The third-order valence-electron chi connectivity index (χ3n) is 4.85. The molecule has 26 heavy (non-hydrogen) atoms. The maximum Gasteiger partial charge on any atom is 0.319 e. The summed E-state index contributed by atoms with van der Waals surface area (Å²) < 4.78 is 0. The summed E-state index contributed by atoms with van der Waals surface area (Å²) in [5.74, 6) is 1.00. The normalized spacial score (nSPS) is 15.0. The molecule has 0 bridgehead atoms. The number of aryl methyl sites for hydroxylation is 2. The number of amides is 2. The van der Waals surface area contributed by atoms with Crippen molar-refractivity contribution in [1.29, 1.82) is 0 Å². The molecule has 0 atom stereocenters. The summed E-state index contributed by atoms with van der Waals surface area (Å²) in [5, 5.41) is 5.74. The summed E-state index contributed by atoms with van der Waals surface area (Å²) in [6.45, 7) is 8.66. The molecule has 1 aliphatic rings. The second kappa shape index (κ2) is 8.19. The molecule has 6 heteroatoms. The first-order valence-electron chi connectivity index (χ1n) is 9.02. The van der Waals surface area contributed by atoms with Crippen LogP contribution in [0.2, 0.25) is 0 Å². The maximum atomic E-state index is 12.1. The number of likely N-dealkylation sites (N-methyl/N-ethyl adjacent to an activating group) is 1. The first-order valence-corrected chi connectivity index (χ1v) is 9.02. The van der Waals surface area contributed by atoms with E-state index in [1.54, 1.807) is 0 Å². The molecule has 6 nitrogen and oxygen atoms in total. The summed E-state index contributed by atoms with van der Waals surface area (Å²) in [6, 6.07) is 9.73. The minimum absolute atomic E-state index is 0.212. The molecular weight excluding hydrogens is 326 g/mol. The average molecular weight is 353 g/mol. The van der Waals surface area contributed by atoms with Gasteiger partial charge in [-0.25, -0.2) is 9.78 Å². The predicted octanol–water partition coefficient (Wildman–Crippen LogP) is 2.77. The van der Waals surface area contributed by atoms with Gasteiger partial charge in [-0.15, -0.1) is 0 Å². The second-order valence-corrected chi connectivity index (χ2v) is 6.92.